The number of rotatable bonds is 14. The Hall–Kier alpha value is -2.31. The summed E-state index contributed by atoms with van der Waals surface area (Å²) in [6.07, 6.45) is 4.18. The van der Waals surface area contributed by atoms with Gasteiger partial charge in [-0.05, 0) is 25.0 Å². The van der Waals surface area contributed by atoms with E-state index >= 15 is 0 Å². The predicted octanol–water partition coefficient (Wildman–Crippen LogP) is 2.68. The number of ketones is 3. The second-order valence-corrected chi connectivity index (χ2v) is 15.1. The van der Waals surface area contributed by atoms with Crippen LogP contribution in [0.3, 0.4) is 0 Å². The topological polar surface area (TPSA) is 212 Å². The normalized spacial score (nSPS) is 19.5. The summed E-state index contributed by atoms with van der Waals surface area (Å²) in [6.45, 7) is 2.63. The maximum atomic E-state index is 14.1. The van der Waals surface area contributed by atoms with Crippen molar-refractivity contribution in [1.82, 2.24) is 19.9 Å². The highest BCUT2D eigenvalue weighted by molar-refractivity contribution is 8.00. The fourth-order valence-corrected chi connectivity index (χ4v) is 9.00. The number of thioether (sulfide) groups is 2. The number of carbonyl (C=O) groups excluding carboxylic acids is 3. The third-order valence-corrected chi connectivity index (χ3v) is 11.0. The van der Waals surface area contributed by atoms with Gasteiger partial charge >= 0.3 is 0 Å². The molecule has 1 aliphatic carbocycles. The molecule has 2 aromatic rings. The SMILES string of the molecule is CC(=O)c1ccnc(C(SCCS(=O)(=O)O)C2CCCC(C(SCCS(=O)(=O)O)c3ccnc(C(C)=O)n3)C2=O)n1. The molecule has 1 saturated carbocycles. The summed E-state index contributed by atoms with van der Waals surface area (Å²) in [5.41, 5.74) is 0.488. The third-order valence-electron chi connectivity index (χ3n) is 6.34. The van der Waals surface area contributed by atoms with Gasteiger partial charge in [0.1, 0.15) is 17.3 Å². The molecule has 0 aliphatic heterocycles. The van der Waals surface area contributed by atoms with Gasteiger partial charge in [0, 0.05) is 49.6 Å². The minimum absolute atomic E-state index is 0.0480. The standard InChI is InChI=1S/C24H30N4O9S4/c1-14(29)18-6-8-26-24(27-18)22(39-11-13-41(35,36)37)17-5-3-4-16(20(17)31)21(38-10-12-40(32,33)34)19-7-9-25-23(28-19)15(2)30/h6-9,16-17,21-22H,3-5,10-13H2,1-2H3,(H,32,33,34)(H,35,36,37). The lowest BCUT2D eigenvalue weighted by Gasteiger charge is -2.35. The fourth-order valence-electron chi connectivity index (χ4n) is 4.47. The molecule has 13 nitrogen and oxygen atoms in total. The van der Waals surface area contributed by atoms with Crippen LogP contribution in [-0.4, -0.2) is 86.2 Å². The maximum absolute atomic E-state index is 14.1. The Balaban J connectivity index is 1.99. The van der Waals surface area contributed by atoms with Gasteiger partial charge in [-0.25, -0.2) is 19.9 Å². The van der Waals surface area contributed by atoms with Crippen LogP contribution in [-0.2, 0) is 25.0 Å². The van der Waals surface area contributed by atoms with Gasteiger partial charge in [-0.2, -0.15) is 28.6 Å². The smallest absolute Gasteiger partial charge is 0.265 e. The van der Waals surface area contributed by atoms with Gasteiger partial charge in [-0.3, -0.25) is 23.5 Å². The summed E-state index contributed by atoms with van der Waals surface area (Å²) in [4.78, 5) is 54.9. The highest BCUT2D eigenvalue weighted by Crippen LogP contribution is 2.47. The van der Waals surface area contributed by atoms with Crippen LogP contribution in [0.4, 0.5) is 0 Å². The first-order valence-corrected chi connectivity index (χ1v) is 17.8. The molecule has 2 heterocycles. The molecular weight excluding hydrogens is 617 g/mol. The van der Waals surface area contributed by atoms with Crippen LogP contribution in [0.5, 0.6) is 0 Å². The van der Waals surface area contributed by atoms with E-state index in [2.05, 4.69) is 19.9 Å². The Labute approximate surface area is 246 Å². The molecule has 17 heteroatoms. The second kappa shape index (κ2) is 14.2. The van der Waals surface area contributed by atoms with Crippen molar-refractivity contribution in [2.45, 2.75) is 43.6 Å². The quantitative estimate of drug-likeness (QED) is 0.223. The maximum Gasteiger partial charge on any atom is 0.265 e. The van der Waals surface area contributed by atoms with Gasteiger partial charge in [0.15, 0.2) is 17.4 Å². The van der Waals surface area contributed by atoms with Crippen molar-refractivity contribution >= 4 is 61.1 Å². The van der Waals surface area contributed by atoms with Crippen molar-refractivity contribution in [2.24, 2.45) is 11.8 Å². The summed E-state index contributed by atoms with van der Waals surface area (Å²) in [7, 11) is -8.55. The molecule has 4 unspecified atom stereocenters. The van der Waals surface area contributed by atoms with E-state index < -0.39 is 54.1 Å². The Morgan fingerprint density at radius 2 is 1.44 bits per heavy atom. The van der Waals surface area contributed by atoms with Crippen molar-refractivity contribution in [2.75, 3.05) is 23.0 Å². The molecule has 0 radical (unpaired) electrons. The van der Waals surface area contributed by atoms with E-state index in [0.717, 1.165) is 23.5 Å². The highest BCUT2D eigenvalue weighted by atomic mass is 32.2. The zero-order valence-corrected chi connectivity index (χ0v) is 25.5. The van der Waals surface area contributed by atoms with E-state index in [4.69, 9.17) is 0 Å². The van der Waals surface area contributed by atoms with Crippen molar-refractivity contribution < 1.29 is 40.3 Å². The monoisotopic (exact) mass is 646 g/mol. The molecule has 3 rings (SSSR count). The fraction of sp³-hybridized carbons (Fsp3) is 0.542. The second-order valence-electron chi connectivity index (χ2n) is 9.42. The Kier molecular flexibility index (Phi) is 11.5. The lowest BCUT2D eigenvalue weighted by Crippen LogP contribution is -2.35. The summed E-state index contributed by atoms with van der Waals surface area (Å²) < 4.78 is 64.0. The Morgan fingerprint density at radius 3 is 2.00 bits per heavy atom. The van der Waals surface area contributed by atoms with Gasteiger partial charge in [0.2, 0.25) is 0 Å². The molecule has 2 N–H and O–H groups in total. The summed E-state index contributed by atoms with van der Waals surface area (Å²) >= 11 is 2.20. The molecule has 1 aliphatic rings. The molecular formula is C24H30N4O9S4. The first kappa shape index (κ1) is 33.2. The average Bonchev–Trinajstić information content (AvgIpc) is 2.89. The summed E-state index contributed by atoms with van der Waals surface area (Å²) in [5.74, 6) is -3.43. The van der Waals surface area contributed by atoms with Crippen LogP contribution in [0.15, 0.2) is 24.5 Å². The first-order chi connectivity index (χ1) is 19.2. The molecule has 0 saturated heterocycles. The first-order valence-electron chi connectivity index (χ1n) is 12.5. The number of nitrogens with zero attached hydrogens (tertiary/aromatic N) is 4. The lowest BCUT2D eigenvalue weighted by atomic mass is 9.76. The zero-order valence-electron chi connectivity index (χ0n) is 22.2. The molecule has 1 fully saturated rings. The Bertz CT molecular complexity index is 1390. The molecule has 0 bridgehead atoms. The van der Waals surface area contributed by atoms with Crippen molar-refractivity contribution in [3.8, 4) is 0 Å². The van der Waals surface area contributed by atoms with Gasteiger partial charge < -0.3 is 0 Å². The zero-order chi connectivity index (χ0) is 30.4. The van der Waals surface area contributed by atoms with Gasteiger partial charge in [0.25, 0.3) is 20.2 Å². The number of hydrogen-bond acceptors (Lipinski definition) is 13. The van der Waals surface area contributed by atoms with Gasteiger partial charge in [-0.1, -0.05) is 6.42 Å². The van der Waals surface area contributed by atoms with E-state index in [-0.39, 0.29) is 46.2 Å². The molecule has 224 valence electrons. The van der Waals surface area contributed by atoms with Gasteiger partial charge in [-0.15, -0.1) is 11.8 Å². The lowest BCUT2D eigenvalue weighted by molar-refractivity contribution is -0.129. The molecule has 2 aromatic heterocycles. The van der Waals surface area contributed by atoms with Crippen LogP contribution < -0.4 is 0 Å². The van der Waals surface area contributed by atoms with Crippen molar-refractivity contribution in [3.63, 3.8) is 0 Å². The van der Waals surface area contributed by atoms with E-state index in [0.29, 0.717) is 25.0 Å². The van der Waals surface area contributed by atoms with Crippen LogP contribution >= 0.6 is 23.5 Å². The van der Waals surface area contributed by atoms with Crippen LogP contribution in [0.25, 0.3) is 0 Å². The van der Waals surface area contributed by atoms with Crippen molar-refractivity contribution in [3.05, 3.63) is 47.6 Å². The number of carbonyl (C=O) groups is 3. The molecule has 0 spiro atoms. The average molecular weight is 647 g/mol. The third kappa shape index (κ3) is 9.89. The van der Waals surface area contributed by atoms with Crippen LogP contribution in [0.1, 0.15) is 76.2 Å². The largest absolute Gasteiger partial charge is 0.299 e. The highest BCUT2D eigenvalue weighted by Gasteiger charge is 2.43. The molecule has 0 aromatic carbocycles. The van der Waals surface area contributed by atoms with Gasteiger partial charge in [0.05, 0.1) is 27.7 Å². The van der Waals surface area contributed by atoms with E-state index in [9.17, 15) is 40.3 Å². The summed E-state index contributed by atoms with van der Waals surface area (Å²) in [6, 6.07) is 2.98. The molecule has 4 atom stereocenters. The van der Waals surface area contributed by atoms with E-state index in [1.54, 1.807) is 6.07 Å². The molecule has 41 heavy (non-hydrogen) atoms. The van der Waals surface area contributed by atoms with E-state index in [1.165, 1.54) is 32.3 Å². The molecule has 0 amide bonds. The predicted molar refractivity (Wildman–Crippen MR) is 153 cm³/mol. The van der Waals surface area contributed by atoms with Crippen LogP contribution in [0.2, 0.25) is 0 Å². The van der Waals surface area contributed by atoms with Crippen LogP contribution in [0, 0.1) is 11.8 Å². The number of Topliss-reactive ketones (excluding diaryl/α,β-unsaturated/α-hetero) is 3. The van der Waals surface area contributed by atoms with Crippen molar-refractivity contribution in [1.29, 1.82) is 0 Å². The minimum Gasteiger partial charge on any atom is -0.299 e. The Morgan fingerprint density at radius 1 is 0.878 bits per heavy atom. The minimum atomic E-state index is -4.28. The number of aromatic nitrogens is 4. The van der Waals surface area contributed by atoms with E-state index in [1.807, 2.05) is 0 Å². The number of hydrogen-bond donors (Lipinski definition) is 2. The summed E-state index contributed by atoms with van der Waals surface area (Å²) in [5, 5.41) is -1.42.